The number of carbonyl (C=O) groups is 1. The van der Waals surface area contributed by atoms with E-state index in [-0.39, 0.29) is 17.6 Å². The molecule has 0 aromatic heterocycles. The van der Waals surface area contributed by atoms with Crippen molar-refractivity contribution in [2.75, 3.05) is 19.5 Å². The summed E-state index contributed by atoms with van der Waals surface area (Å²) in [5.74, 6) is 0.283. The molecule has 1 aliphatic carbocycles. The molecule has 0 unspecified atom stereocenters. The van der Waals surface area contributed by atoms with Crippen molar-refractivity contribution in [2.24, 2.45) is 10.9 Å². The monoisotopic (exact) mass is 441 g/mol. The SMILES string of the molecule is COc1ccc(NC2=N[C@@H]3[C@@H](O)[C@H](O)C[C@@H](C(=O)N(C)Cc4ccccc4)[C@H]3S2)cc1. The molecule has 0 radical (unpaired) electrons. The number of anilines is 1. The number of ether oxygens (including phenoxy) is 1. The van der Waals surface area contributed by atoms with Gasteiger partial charge in [-0.15, -0.1) is 0 Å². The first kappa shape index (κ1) is 21.7. The van der Waals surface area contributed by atoms with E-state index >= 15 is 0 Å². The third kappa shape index (κ3) is 4.71. The van der Waals surface area contributed by atoms with E-state index in [1.165, 1.54) is 11.8 Å². The Morgan fingerprint density at radius 1 is 1.19 bits per heavy atom. The Balaban J connectivity index is 1.47. The highest BCUT2D eigenvalue weighted by molar-refractivity contribution is 8.15. The topological polar surface area (TPSA) is 94.4 Å². The molecule has 1 heterocycles. The molecule has 5 atom stereocenters. The first-order valence-corrected chi connectivity index (χ1v) is 11.1. The summed E-state index contributed by atoms with van der Waals surface area (Å²) < 4.78 is 5.18. The van der Waals surface area contributed by atoms with Gasteiger partial charge in [0.05, 0.1) is 25.2 Å². The van der Waals surface area contributed by atoms with Crippen molar-refractivity contribution in [3.05, 3.63) is 60.2 Å². The molecular formula is C23H27N3O4S. The normalized spacial score (nSPS) is 27.2. The van der Waals surface area contributed by atoms with Gasteiger partial charge >= 0.3 is 0 Å². The summed E-state index contributed by atoms with van der Waals surface area (Å²) in [7, 11) is 3.39. The van der Waals surface area contributed by atoms with Crippen molar-refractivity contribution in [1.29, 1.82) is 0 Å². The van der Waals surface area contributed by atoms with E-state index in [0.29, 0.717) is 11.7 Å². The van der Waals surface area contributed by atoms with Crippen LogP contribution in [0.5, 0.6) is 5.75 Å². The fourth-order valence-corrected chi connectivity index (χ4v) is 5.48. The Labute approximate surface area is 186 Å². The zero-order chi connectivity index (χ0) is 22.0. The molecule has 1 saturated carbocycles. The fraction of sp³-hybridized carbons (Fsp3) is 0.391. The number of amides is 1. The van der Waals surface area contributed by atoms with E-state index < -0.39 is 24.2 Å². The van der Waals surface area contributed by atoms with Crippen LogP contribution in [-0.2, 0) is 11.3 Å². The molecule has 3 N–H and O–H groups in total. The quantitative estimate of drug-likeness (QED) is 0.660. The van der Waals surface area contributed by atoms with Crippen LogP contribution < -0.4 is 10.1 Å². The molecule has 1 fully saturated rings. The molecule has 0 bridgehead atoms. The molecule has 2 aromatic rings. The van der Waals surface area contributed by atoms with Gasteiger partial charge in [0.2, 0.25) is 5.91 Å². The van der Waals surface area contributed by atoms with Crippen LogP contribution >= 0.6 is 11.8 Å². The zero-order valence-electron chi connectivity index (χ0n) is 17.5. The maximum atomic E-state index is 13.3. The average Bonchev–Trinajstić information content (AvgIpc) is 3.21. The first-order valence-electron chi connectivity index (χ1n) is 10.3. The smallest absolute Gasteiger partial charge is 0.227 e. The zero-order valence-corrected chi connectivity index (χ0v) is 18.3. The highest BCUT2D eigenvalue weighted by Crippen LogP contribution is 2.42. The third-order valence-corrected chi connectivity index (χ3v) is 7.09. The van der Waals surface area contributed by atoms with Gasteiger partial charge in [-0.3, -0.25) is 9.79 Å². The molecule has 1 aliphatic heterocycles. The van der Waals surface area contributed by atoms with Crippen LogP contribution in [0.2, 0.25) is 0 Å². The van der Waals surface area contributed by atoms with E-state index in [1.807, 2.05) is 54.6 Å². The number of thioether (sulfide) groups is 1. The minimum atomic E-state index is -0.990. The molecule has 0 spiro atoms. The Hall–Kier alpha value is -2.55. The number of aliphatic hydroxyl groups is 2. The van der Waals surface area contributed by atoms with Crippen LogP contribution in [0.3, 0.4) is 0 Å². The molecule has 8 heteroatoms. The number of aliphatic hydroxyl groups excluding tert-OH is 2. The van der Waals surface area contributed by atoms with Crippen LogP contribution in [0, 0.1) is 5.92 Å². The lowest BCUT2D eigenvalue weighted by Crippen LogP contribution is -2.54. The minimum absolute atomic E-state index is 0.0433. The number of amidine groups is 1. The number of methoxy groups -OCH3 is 1. The summed E-state index contributed by atoms with van der Waals surface area (Å²) in [5.41, 5.74) is 1.88. The predicted molar refractivity (Wildman–Crippen MR) is 122 cm³/mol. The fourth-order valence-electron chi connectivity index (χ4n) is 4.11. The van der Waals surface area contributed by atoms with Gasteiger partial charge in [-0.1, -0.05) is 42.1 Å². The second-order valence-electron chi connectivity index (χ2n) is 7.94. The second kappa shape index (κ2) is 9.30. The number of benzene rings is 2. The number of carbonyl (C=O) groups excluding carboxylic acids is 1. The van der Waals surface area contributed by atoms with Crippen molar-refractivity contribution in [3.63, 3.8) is 0 Å². The van der Waals surface area contributed by atoms with E-state index in [1.54, 1.807) is 19.1 Å². The summed E-state index contributed by atoms with van der Waals surface area (Å²) in [5, 5.41) is 24.6. The van der Waals surface area contributed by atoms with Crippen molar-refractivity contribution in [1.82, 2.24) is 4.90 Å². The minimum Gasteiger partial charge on any atom is -0.497 e. The molecule has 0 saturated heterocycles. The Bertz CT molecular complexity index is 938. The highest BCUT2D eigenvalue weighted by atomic mass is 32.2. The summed E-state index contributed by atoms with van der Waals surface area (Å²) in [6.45, 7) is 0.495. The molecule has 1 amide bonds. The number of hydrogen-bond acceptors (Lipinski definition) is 7. The van der Waals surface area contributed by atoms with Crippen LogP contribution in [-0.4, -0.2) is 63.8 Å². The Morgan fingerprint density at radius 3 is 2.58 bits per heavy atom. The number of fused-ring (bicyclic) bond motifs is 1. The lowest BCUT2D eigenvalue weighted by atomic mass is 9.80. The summed E-state index contributed by atoms with van der Waals surface area (Å²) in [6, 6.07) is 16.7. The van der Waals surface area contributed by atoms with Crippen molar-refractivity contribution >= 4 is 28.5 Å². The van der Waals surface area contributed by atoms with Crippen molar-refractivity contribution < 1.29 is 19.7 Å². The lowest BCUT2D eigenvalue weighted by molar-refractivity contribution is -0.139. The van der Waals surface area contributed by atoms with Gasteiger partial charge in [0.1, 0.15) is 11.9 Å². The predicted octanol–water partition coefficient (Wildman–Crippen LogP) is 2.35. The Kier molecular flexibility index (Phi) is 6.50. The number of hydrogen-bond donors (Lipinski definition) is 3. The molecule has 2 aromatic carbocycles. The molecule has 2 aliphatic rings. The van der Waals surface area contributed by atoms with Crippen LogP contribution in [0.4, 0.5) is 5.69 Å². The van der Waals surface area contributed by atoms with Crippen molar-refractivity contribution in [2.45, 2.75) is 36.5 Å². The Morgan fingerprint density at radius 2 is 1.90 bits per heavy atom. The first-order chi connectivity index (χ1) is 15.0. The summed E-state index contributed by atoms with van der Waals surface area (Å²) >= 11 is 1.45. The molecule has 4 rings (SSSR count). The van der Waals surface area contributed by atoms with Gasteiger partial charge in [0.15, 0.2) is 5.17 Å². The van der Waals surface area contributed by atoms with E-state index in [4.69, 9.17) is 4.74 Å². The average molecular weight is 442 g/mol. The van der Waals surface area contributed by atoms with Crippen LogP contribution in [0.1, 0.15) is 12.0 Å². The number of nitrogens with zero attached hydrogens (tertiary/aromatic N) is 2. The maximum absolute atomic E-state index is 13.3. The second-order valence-corrected chi connectivity index (χ2v) is 9.11. The highest BCUT2D eigenvalue weighted by Gasteiger charge is 2.50. The number of nitrogens with one attached hydrogen (secondary N) is 1. The standard InChI is InChI=1S/C23H27N3O4S/c1-26(13-14-6-4-3-5-7-14)22(29)17-12-18(27)20(28)19-21(17)31-23(25-19)24-15-8-10-16(30-2)11-9-15/h3-11,17-21,27-28H,12-13H2,1-2H3,(H,24,25)/t17-,18-,19-,20+,21-/m1/s1. The van der Waals surface area contributed by atoms with Gasteiger partial charge in [-0.05, 0) is 36.2 Å². The number of rotatable bonds is 5. The van der Waals surface area contributed by atoms with Crippen LogP contribution in [0.25, 0.3) is 0 Å². The van der Waals surface area contributed by atoms with Gasteiger partial charge in [0, 0.05) is 24.5 Å². The van der Waals surface area contributed by atoms with E-state index in [2.05, 4.69) is 10.3 Å². The summed E-state index contributed by atoms with van der Waals surface area (Å²) in [6.07, 6.45) is -1.75. The molecular weight excluding hydrogens is 414 g/mol. The lowest BCUT2D eigenvalue weighted by Gasteiger charge is -2.38. The van der Waals surface area contributed by atoms with Gasteiger partial charge < -0.3 is 25.2 Å². The molecule has 31 heavy (non-hydrogen) atoms. The largest absolute Gasteiger partial charge is 0.497 e. The van der Waals surface area contributed by atoms with Crippen LogP contribution in [0.15, 0.2) is 59.6 Å². The molecule has 164 valence electrons. The van der Waals surface area contributed by atoms with E-state index in [9.17, 15) is 15.0 Å². The summed E-state index contributed by atoms with van der Waals surface area (Å²) in [4.78, 5) is 19.6. The molecule has 7 nitrogen and oxygen atoms in total. The van der Waals surface area contributed by atoms with Gasteiger partial charge in [0.25, 0.3) is 0 Å². The van der Waals surface area contributed by atoms with E-state index in [0.717, 1.165) is 17.0 Å². The maximum Gasteiger partial charge on any atom is 0.227 e. The van der Waals surface area contributed by atoms with Gasteiger partial charge in [-0.25, -0.2) is 0 Å². The third-order valence-electron chi connectivity index (χ3n) is 5.78. The number of aliphatic imine (C=N–C) groups is 1. The van der Waals surface area contributed by atoms with Gasteiger partial charge in [-0.2, -0.15) is 0 Å². The van der Waals surface area contributed by atoms with Crippen molar-refractivity contribution in [3.8, 4) is 5.75 Å².